The monoisotopic (exact) mass is 419 g/mol. The van der Waals surface area contributed by atoms with E-state index >= 15 is 0 Å². The number of carboxylic acid groups (broad SMARTS) is 1. The lowest BCUT2D eigenvalue weighted by Gasteiger charge is -2.13. The number of methoxy groups -OCH3 is 1. The van der Waals surface area contributed by atoms with Gasteiger partial charge in [-0.15, -0.1) is 0 Å². The maximum atomic E-state index is 12.5. The highest BCUT2D eigenvalue weighted by Crippen LogP contribution is 2.27. The number of nitrogens with zero attached hydrogens (tertiary/aromatic N) is 1. The summed E-state index contributed by atoms with van der Waals surface area (Å²) in [4.78, 5) is 28.0. The molecule has 0 saturated carbocycles. The summed E-state index contributed by atoms with van der Waals surface area (Å²) >= 11 is 0. The number of carbonyl (C=O) groups excluding carboxylic acids is 1. The van der Waals surface area contributed by atoms with E-state index in [1.54, 1.807) is 18.3 Å². The average Bonchev–Trinajstić information content (AvgIpc) is 2.77. The van der Waals surface area contributed by atoms with Gasteiger partial charge in [0.25, 0.3) is 5.91 Å². The summed E-state index contributed by atoms with van der Waals surface area (Å²) in [6.07, 6.45) is 1.72. The number of anilines is 1. The van der Waals surface area contributed by atoms with Crippen LogP contribution < -0.4 is 15.4 Å². The number of hydrogen-bond donors (Lipinski definition) is 3. The largest absolute Gasteiger partial charge is 0.496 e. The highest BCUT2D eigenvalue weighted by atomic mass is 16.5. The summed E-state index contributed by atoms with van der Waals surface area (Å²) in [6, 6.07) is 16.2. The number of amides is 1. The molecule has 31 heavy (non-hydrogen) atoms. The van der Waals surface area contributed by atoms with E-state index in [1.807, 2.05) is 24.3 Å². The molecule has 3 aromatic rings. The van der Waals surface area contributed by atoms with Crippen LogP contribution in [-0.2, 0) is 11.3 Å². The van der Waals surface area contributed by atoms with Crippen molar-refractivity contribution in [2.45, 2.75) is 26.4 Å². The third-order valence-corrected chi connectivity index (χ3v) is 4.82. The van der Waals surface area contributed by atoms with Gasteiger partial charge in [0.05, 0.1) is 12.7 Å². The van der Waals surface area contributed by atoms with Crippen LogP contribution in [0.2, 0.25) is 0 Å². The molecule has 1 aromatic heterocycles. The van der Waals surface area contributed by atoms with Crippen molar-refractivity contribution in [3.05, 3.63) is 77.5 Å². The van der Waals surface area contributed by atoms with Crippen LogP contribution >= 0.6 is 0 Å². The summed E-state index contributed by atoms with van der Waals surface area (Å²) < 4.78 is 5.27. The average molecular weight is 419 g/mol. The summed E-state index contributed by atoms with van der Waals surface area (Å²) in [5.74, 6) is -0.519. The molecule has 0 saturated heterocycles. The van der Waals surface area contributed by atoms with Gasteiger partial charge >= 0.3 is 5.97 Å². The molecule has 2 aromatic carbocycles. The maximum Gasteiger partial charge on any atom is 0.325 e. The van der Waals surface area contributed by atoms with Gasteiger partial charge in [-0.2, -0.15) is 0 Å². The molecule has 0 aliphatic heterocycles. The molecular weight excluding hydrogens is 394 g/mol. The summed E-state index contributed by atoms with van der Waals surface area (Å²) in [5, 5.41) is 14.8. The van der Waals surface area contributed by atoms with Crippen LogP contribution in [0, 0.1) is 6.92 Å². The summed E-state index contributed by atoms with van der Waals surface area (Å²) in [7, 11) is 1.46. The molecule has 160 valence electrons. The molecule has 0 radical (unpaired) electrons. The van der Waals surface area contributed by atoms with Crippen LogP contribution in [0.15, 0.2) is 60.8 Å². The minimum absolute atomic E-state index is 0.259. The normalized spacial score (nSPS) is 11.5. The van der Waals surface area contributed by atoms with Crippen molar-refractivity contribution in [3.63, 3.8) is 0 Å². The summed E-state index contributed by atoms with van der Waals surface area (Å²) in [6.45, 7) is 4.13. The number of aliphatic carboxylic acids is 1. The Bertz CT molecular complexity index is 1080. The lowest BCUT2D eigenvalue weighted by atomic mass is 10.0. The lowest BCUT2D eigenvalue weighted by molar-refractivity contribution is -0.138. The second kappa shape index (κ2) is 9.75. The van der Waals surface area contributed by atoms with Crippen molar-refractivity contribution in [1.82, 2.24) is 10.3 Å². The number of hydrogen-bond acceptors (Lipinski definition) is 5. The first-order valence-electron chi connectivity index (χ1n) is 9.85. The second-order valence-electron chi connectivity index (χ2n) is 7.22. The molecule has 0 spiro atoms. The zero-order valence-corrected chi connectivity index (χ0v) is 17.7. The highest BCUT2D eigenvalue weighted by molar-refractivity contribution is 6.00. The minimum Gasteiger partial charge on any atom is -0.496 e. The molecule has 3 N–H and O–H groups in total. The Labute approximate surface area is 181 Å². The van der Waals surface area contributed by atoms with E-state index in [0.29, 0.717) is 12.3 Å². The second-order valence-corrected chi connectivity index (χ2v) is 7.22. The molecule has 3 rings (SSSR count). The maximum absolute atomic E-state index is 12.5. The zero-order chi connectivity index (χ0) is 22.4. The standard InChI is InChI=1S/C24H25N3O4/c1-15-5-4-6-17(11-15)13-25-22-10-8-19(14-26-22)18-7-9-21(31-3)20(12-18)23(28)27-16(2)24(29)30/h4-12,14,16H,13H2,1-3H3,(H,25,26)(H,27,28)(H,29,30). The predicted molar refractivity (Wildman–Crippen MR) is 119 cm³/mol. The van der Waals surface area contributed by atoms with E-state index in [-0.39, 0.29) is 5.56 Å². The van der Waals surface area contributed by atoms with Crippen molar-refractivity contribution in [3.8, 4) is 16.9 Å². The van der Waals surface area contributed by atoms with Crippen LogP contribution in [0.4, 0.5) is 5.82 Å². The summed E-state index contributed by atoms with van der Waals surface area (Å²) in [5.41, 5.74) is 4.23. The molecule has 7 nitrogen and oxygen atoms in total. The Morgan fingerprint density at radius 1 is 1.10 bits per heavy atom. The van der Waals surface area contributed by atoms with E-state index in [4.69, 9.17) is 9.84 Å². The first-order valence-corrected chi connectivity index (χ1v) is 9.85. The molecule has 0 fully saturated rings. The number of aryl methyl sites for hydroxylation is 1. The molecule has 7 heteroatoms. The fraction of sp³-hybridized carbons (Fsp3) is 0.208. The molecule has 0 aliphatic carbocycles. The molecule has 0 bridgehead atoms. The quantitative estimate of drug-likeness (QED) is 0.512. The van der Waals surface area contributed by atoms with Crippen LogP contribution in [0.5, 0.6) is 5.75 Å². The number of aromatic nitrogens is 1. The van der Waals surface area contributed by atoms with Gasteiger partial charge in [-0.25, -0.2) is 4.98 Å². The smallest absolute Gasteiger partial charge is 0.325 e. The number of carbonyl (C=O) groups is 2. The Balaban J connectivity index is 1.76. The van der Waals surface area contributed by atoms with Crippen molar-refractivity contribution in [1.29, 1.82) is 0 Å². The number of carboxylic acids is 1. The van der Waals surface area contributed by atoms with E-state index in [2.05, 4.69) is 40.7 Å². The van der Waals surface area contributed by atoms with Crippen LogP contribution in [0.3, 0.4) is 0 Å². The van der Waals surface area contributed by atoms with E-state index < -0.39 is 17.9 Å². The number of pyridine rings is 1. The fourth-order valence-electron chi connectivity index (χ4n) is 3.09. The highest BCUT2D eigenvalue weighted by Gasteiger charge is 2.19. The van der Waals surface area contributed by atoms with Crippen LogP contribution in [-0.4, -0.2) is 35.1 Å². The van der Waals surface area contributed by atoms with Gasteiger partial charge in [-0.1, -0.05) is 35.9 Å². The van der Waals surface area contributed by atoms with Gasteiger partial charge in [0.15, 0.2) is 0 Å². The Morgan fingerprint density at radius 3 is 2.52 bits per heavy atom. The number of rotatable bonds is 8. The topological polar surface area (TPSA) is 101 Å². The number of benzene rings is 2. The SMILES string of the molecule is COc1ccc(-c2ccc(NCc3cccc(C)c3)nc2)cc1C(=O)NC(C)C(=O)O. The predicted octanol–water partition coefficient (Wildman–Crippen LogP) is 3.88. The van der Waals surface area contributed by atoms with E-state index in [0.717, 1.165) is 16.9 Å². The third-order valence-electron chi connectivity index (χ3n) is 4.82. The van der Waals surface area contributed by atoms with Crippen molar-refractivity contribution in [2.24, 2.45) is 0 Å². The van der Waals surface area contributed by atoms with Crippen molar-refractivity contribution in [2.75, 3.05) is 12.4 Å². The van der Waals surface area contributed by atoms with Crippen molar-refractivity contribution < 1.29 is 19.4 Å². The molecule has 1 amide bonds. The van der Waals surface area contributed by atoms with Crippen molar-refractivity contribution >= 4 is 17.7 Å². The first kappa shape index (κ1) is 21.8. The Kier molecular flexibility index (Phi) is 6.87. The van der Waals surface area contributed by atoms with Gasteiger partial charge in [0.1, 0.15) is 17.6 Å². The molecule has 1 heterocycles. The van der Waals surface area contributed by atoms with Gasteiger partial charge in [-0.05, 0) is 49.2 Å². The molecule has 0 aliphatic rings. The third kappa shape index (κ3) is 5.60. The number of nitrogens with one attached hydrogen (secondary N) is 2. The Hall–Kier alpha value is -3.87. The van der Waals surface area contributed by atoms with Gasteiger partial charge in [0.2, 0.25) is 0 Å². The van der Waals surface area contributed by atoms with E-state index in [1.165, 1.54) is 25.2 Å². The van der Waals surface area contributed by atoms with E-state index in [9.17, 15) is 9.59 Å². The minimum atomic E-state index is -1.11. The number of ether oxygens (including phenoxy) is 1. The zero-order valence-electron chi connectivity index (χ0n) is 17.7. The van der Waals surface area contributed by atoms with Gasteiger partial charge < -0.3 is 20.5 Å². The van der Waals surface area contributed by atoms with Crippen LogP contribution in [0.1, 0.15) is 28.4 Å². The van der Waals surface area contributed by atoms with Gasteiger partial charge in [-0.3, -0.25) is 9.59 Å². The molecule has 1 atom stereocenters. The molecule has 1 unspecified atom stereocenters. The fourth-order valence-corrected chi connectivity index (χ4v) is 3.09. The van der Waals surface area contributed by atoms with Crippen LogP contribution in [0.25, 0.3) is 11.1 Å². The Morgan fingerprint density at radius 2 is 1.87 bits per heavy atom. The lowest BCUT2D eigenvalue weighted by Crippen LogP contribution is -2.38. The van der Waals surface area contributed by atoms with Gasteiger partial charge in [0, 0.05) is 18.3 Å². The molecular formula is C24H25N3O4. The first-order chi connectivity index (χ1) is 14.9.